The van der Waals surface area contributed by atoms with Gasteiger partial charge in [0.25, 0.3) is 0 Å². The van der Waals surface area contributed by atoms with E-state index < -0.39 is 75.8 Å². The molecule has 31 heavy (non-hydrogen) atoms. The molecule has 13 heteroatoms. The number of halogens is 12. The van der Waals surface area contributed by atoms with E-state index in [4.69, 9.17) is 0 Å². The van der Waals surface area contributed by atoms with Crippen LogP contribution in [-0.2, 0) is 24.7 Å². The van der Waals surface area contributed by atoms with Crippen LogP contribution in [0.3, 0.4) is 0 Å². The Hall–Kier alpha value is -2.44. The Kier molecular flexibility index (Phi) is 6.09. The van der Waals surface area contributed by atoms with Crippen LogP contribution in [0.2, 0.25) is 0 Å². The van der Waals surface area contributed by atoms with E-state index in [2.05, 4.69) is 0 Å². The van der Waals surface area contributed by atoms with Crippen LogP contribution in [0.15, 0.2) is 30.3 Å². The first-order chi connectivity index (χ1) is 13.7. The van der Waals surface area contributed by atoms with Gasteiger partial charge in [0.05, 0.1) is 28.4 Å². The molecule has 1 nitrogen and oxygen atoms in total. The van der Waals surface area contributed by atoms with Gasteiger partial charge in [0.1, 0.15) is 0 Å². The molecule has 0 fully saturated rings. The van der Waals surface area contributed by atoms with Crippen molar-refractivity contribution in [2.75, 3.05) is 0 Å². The number of rotatable bonds is 2. The molecule has 0 radical (unpaired) electrons. The third-order valence-corrected chi connectivity index (χ3v) is 4.13. The standard InChI is InChI=1S/C18H10F12O/c1-7(31)8-4-12(17(25,26)27)14(13(5-8)18(28,29)30)9-2-10(15(19,20)21)6-11(3-9)16(22,23)24/h2-7,31H,1H3. The molecule has 1 N–H and O–H groups in total. The first-order valence-corrected chi connectivity index (χ1v) is 8.03. The van der Waals surface area contributed by atoms with Crippen molar-refractivity contribution >= 4 is 0 Å². The van der Waals surface area contributed by atoms with E-state index in [9.17, 15) is 57.8 Å². The number of hydrogen-bond donors (Lipinski definition) is 1. The third-order valence-electron chi connectivity index (χ3n) is 4.13. The Balaban J connectivity index is 3.08. The molecule has 2 aromatic carbocycles. The highest BCUT2D eigenvalue weighted by Gasteiger charge is 2.44. The lowest BCUT2D eigenvalue weighted by Gasteiger charge is -2.23. The minimum atomic E-state index is -5.60. The lowest BCUT2D eigenvalue weighted by Crippen LogP contribution is -2.17. The van der Waals surface area contributed by atoms with Gasteiger partial charge in [-0.25, -0.2) is 0 Å². The van der Waals surface area contributed by atoms with E-state index in [1.807, 2.05) is 0 Å². The molecular formula is C18H10F12O. The lowest BCUT2D eigenvalue weighted by molar-refractivity contribution is -0.143. The van der Waals surface area contributed by atoms with E-state index in [0.717, 1.165) is 6.92 Å². The van der Waals surface area contributed by atoms with Gasteiger partial charge in [0, 0.05) is 5.56 Å². The van der Waals surface area contributed by atoms with E-state index in [1.54, 1.807) is 0 Å². The first kappa shape index (κ1) is 24.8. The quantitative estimate of drug-likeness (QED) is 0.451. The summed E-state index contributed by atoms with van der Waals surface area (Å²) in [6, 6.07) is -0.784. The smallest absolute Gasteiger partial charge is 0.389 e. The van der Waals surface area contributed by atoms with Gasteiger partial charge in [-0.2, -0.15) is 52.7 Å². The van der Waals surface area contributed by atoms with Crippen LogP contribution in [-0.4, -0.2) is 5.11 Å². The molecule has 0 aliphatic carbocycles. The molecule has 0 saturated heterocycles. The SMILES string of the molecule is CC(O)c1cc(C(F)(F)F)c(-c2cc(C(F)(F)F)cc(C(F)(F)F)c2)c(C(F)(F)F)c1. The Morgan fingerprint density at radius 1 is 0.581 bits per heavy atom. The normalized spacial score (nSPS) is 14.6. The van der Waals surface area contributed by atoms with Crippen molar-refractivity contribution in [3.63, 3.8) is 0 Å². The summed E-state index contributed by atoms with van der Waals surface area (Å²) < 4.78 is 159. The van der Waals surface area contributed by atoms with Crippen LogP contribution >= 0.6 is 0 Å². The van der Waals surface area contributed by atoms with Crippen molar-refractivity contribution < 1.29 is 57.8 Å². The summed E-state index contributed by atoms with van der Waals surface area (Å²) in [6.07, 6.45) is -24.0. The third kappa shape index (κ3) is 5.43. The van der Waals surface area contributed by atoms with Gasteiger partial charge >= 0.3 is 24.7 Å². The van der Waals surface area contributed by atoms with Gasteiger partial charge in [-0.05, 0) is 48.4 Å². The Morgan fingerprint density at radius 2 is 0.935 bits per heavy atom. The van der Waals surface area contributed by atoms with Gasteiger partial charge in [-0.15, -0.1) is 0 Å². The highest BCUT2D eigenvalue weighted by atomic mass is 19.4. The molecule has 0 aromatic heterocycles. The molecule has 0 bridgehead atoms. The fraction of sp³-hybridized carbons (Fsp3) is 0.333. The average molecular weight is 470 g/mol. The number of alkyl halides is 12. The maximum absolute atomic E-state index is 13.5. The summed E-state index contributed by atoms with van der Waals surface area (Å²) in [7, 11) is 0. The minimum Gasteiger partial charge on any atom is -0.389 e. The van der Waals surface area contributed by atoms with Crippen molar-refractivity contribution in [3.8, 4) is 11.1 Å². The number of hydrogen-bond acceptors (Lipinski definition) is 1. The van der Waals surface area contributed by atoms with Crippen LogP contribution in [0.4, 0.5) is 52.7 Å². The summed E-state index contributed by atoms with van der Waals surface area (Å²) in [4.78, 5) is 0. The fourth-order valence-electron chi connectivity index (χ4n) is 2.76. The predicted molar refractivity (Wildman–Crippen MR) is 82.5 cm³/mol. The van der Waals surface area contributed by atoms with Gasteiger partial charge < -0.3 is 5.11 Å². The zero-order valence-corrected chi connectivity index (χ0v) is 14.9. The Morgan fingerprint density at radius 3 is 1.19 bits per heavy atom. The lowest BCUT2D eigenvalue weighted by atomic mass is 9.88. The molecule has 2 aromatic rings. The van der Waals surface area contributed by atoms with E-state index in [0.29, 0.717) is 0 Å². The summed E-state index contributed by atoms with van der Waals surface area (Å²) in [5.74, 6) is 0. The second kappa shape index (κ2) is 7.61. The summed E-state index contributed by atoms with van der Waals surface area (Å²) in [5, 5.41) is 9.43. The van der Waals surface area contributed by atoms with E-state index in [1.165, 1.54) is 0 Å². The molecule has 1 atom stereocenters. The highest BCUT2D eigenvalue weighted by molar-refractivity contribution is 5.75. The molecule has 2 rings (SSSR count). The maximum atomic E-state index is 13.5. The number of aliphatic hydroxyl groups excluding tert-OH is 1. The van der Waals surface area contributed by atoms with Crippen molar-refractivity contribution in [2.24, 2.45) is 0 Å². The summed E-state index contributed by atoms with van der Waals surface area (Å²) in [6.45, 7) is 0.835. The van der Waals surface area contributed by atoms with Gasteiger partial charge in [0.15, 0.2) is 0 Å². The van der Waals surface area contributed by atoms with Gasteiger partial charge in [-0.1, -0.05) is 0 Å². The molecule has 0 saturated carbocycles. The minimum absolute atomic E-state index is 0.0444. The van der Waals surface area contributed by atoms with Crippen LogP contribution in [0.25, 0.3) is 11.1 Å². The molecule has 0 spiro atoms. The van der Waals surface area contributed by atoms with Gasteiger partial charge in [-0.3, -0.25) is 0 Å². The summed E-state index contributed by atoms with van der Waals surface area (Å²) >= 11 is 0. The summed E-state index contributed by atoms with van der Waals surface area (Å²) in [5.41, 5.74) is -12.8. The fourth-order valence-corrected chi connectivity index (χ4v) is 2.76. The molecular weight excluding hydrogens is 460 g/mol. The number of aliphatic hydroxyl groups is 1. The number of benzene rings is 2. The Labute approximate surface area is 165 Å². The maximum Gasteiger partial charge on any atom is 0.417 e. The molecule has 0 aliphatic heterocycles. The highest BCUT2D eigenvalue weighted by Crippen LogP contribution is 2.48. The van der Waals surface area contributed by atoms with E-state index in [-0.39, 0.29) is 24.3 Å². The Bertz CT molecular complexity index is 894. The molecule has 0 aliphatic rings. The molecule has 0 heterocycles. The van der Waals surface area contributed by atoms with Crippen molar-refractivity contribution in [3.05, 3.63) is 58.1 Å². The molecule has 0 amide bonds. The van der Waals surface area contributed by atoms with E-state index >= 15 is 0 Å². The second-order valence-electron chi connectivity index (χ2n) is 6.46. The largest absolute Gasteiger partial charge is 0.417 e. The molecule has 172 valence electrons. The van der Waals surface area contributed by atoms with Crippen LogP contribution < -0.4 is 0 Å². The van der Waals surface area contributed by atoms with Crippen LogP contribution in [0.1, 0.15) is 40.8 Å². The predicted octanol–water partition coefficient (Wildman–Crippen LogP) is 7.48. The molecule has 1 unspecified atom stereocenters. The van der Waals surface area contributed by atoms with Crippen molar-refractivity contribution in [1.82, 2.24) is 0 Å². The monoisotopic (exact) mass is 470 g/mol. The topological polar surface area (TPSA) is 20.2 Å². The zero-order chi connectivity index (χ0) is 24.2. The second-order valence-corrected chi connectivity index (χ2v) is 6.46. The van der Waals surface area contributed by atoms with Crippen molar-refractivity contribution in [2.45, 2.75) is 37.7 Å². The van der Waals surface area contributed by atoms with Crippen molar-refractivity contribution in [1.29, 1.82) is 0 Å². The first-order valence-electron chi connectivity index (χ1n) is 8.03. The zero-order valence-electron chi connectivity index (χ0n) is 14.9. The van der Waals surface area contributed by atoms with Crippen LogP contribution in [0, 0.1) is 0 Å². The van der Waals surface area contributed by atoms with Gasteiger partial charge in [0.2, 0.25) is 0 Å². The van der Waals surface area contributed by atoms with Crippen LogP contribution in [0.5, 0.6) is 0 Å². The average Bonchev–Trinajstić information content (AvgIpc) is 2.57.